The Morgan fingerprint density at radius 2 is 2.06 bits per heavy atom. The molecule has 94 valence electrons. The van der Waals surface area contributed by atoms with Crippen molar-refractivity contribution in [3.05, 3.63) is 40.9 Å². The third-order valence-electron chi connectivity index (χ3n) is 3.49. The number of piperidine rings is 1. The van der Waals surface area contributed by atoms with Gasteiger partial charge in [-0.15, -0.1) is 11.3 Å². The fraction of sp³-hybridized carbons (Fsp3) is 0.400. The van der Waals surface area contributed by atoms with Gasteiger partial charge in [0.2, 0.25) is 0 Å². The predicted molar refractivity (Wildman–Crippen MR) is 76.9 cm³/mol. The zero-order chi connectivity index (χ0) is 12.4. The molecule has 1 aliphatic heterocycles. The molecule has 2 aromatic rings. The molecule has 1 saturated heterocycles. The smallest absolute Gasteiger partial charge is 0.123 e. The molecule has 0 saturated carbocycles. The third kappa shape index (κ3) is 2.33. The van der Waals surface area contributed by atoms with Crippen LogP contribution in [0.25, 0.3) is 10.6 Å². The lowest BCUT2D eigenvalue weighted by Gasteiger charge is -2.22. The van der Waals surface area contributed by atoms with Crippen LogP contribution in [0.15, 0.2) is 30.3 Å². The zero-order valence-corrected chi connectivity index (χ0v) is 11.5. The molecule has 1 aromatic heterocycles. The van der Waals surface area contributed by atoms with E-state index in [-0.39, 0.29) is 0 Å². The number of hydrogen-bond acceptors (Lipinski definition) is 3. The summed E-state index contributed by atoms with van der Waals surface area (Å²) in [6.45, 7) is 3.32. The summed E-state index contributed by atoms with van der Waals surface area (Å²) in [5, 5.41) is 4.73. The molecule has 3 rings (SSSR count). The van der Waals surface area contributed by atoms with Gasteiger partial charge in [-0.2, -0.15) is 0 Å². The monoisotopic (exact) mass is 258 g/mol. The molecule has 1 unspecified atom stereocenters. The average molecular weight is 258 g/mol. The summed E-state index contributed by atoms with van der Waals surface area (Å²) < 4.78 is 0. The number of aryl methyl sites for hydroxylation is 1. The Balaban J connectivity index is 1.91. The second-order valence-electron chi connectivity index (χ2n) is 4.83. The Labute approximate surface area is 112 Å². The Kier molecular flexibility index (Phi) is 3.43. The average Bonchev–Trinajstić information content (AvgIpc) is 2.83. The first-order chi connectivity index (χ1) is 8.84. The highest BCUT2D eigenvalue weighted by Gasteiger charge is 2.20. The lowest BCUT2D eigenvalue weighted by Crippen LogP contribution is -2.27. The number of nitrogens with zero attached hydrogens (tertiary/aromatic N) is 1. The Morgan fingerprint density at radius 1 is 1.22 bits per heavy atom. The molecule has 0 radical (unpaired) electrons. The van der Waals surface area contributed by atoms with Crippen LogP contribution in [0.2, 0.25) is 0 Å². The number of rotatable bonds is 2. The van der Waals surface area contributed by atoms with Crippen LogP contribution in [-0.2, 0) is 0 Å². The van der Waals surface area contributed by atoms with Crippen LogP contribution in [0.5, 0.6) is 0 Å². The van der Waals surface area contributed by atoms with Crippen molar-refractivity contribution in [2.24, 2.45) is 0 Å². The van der Waals surface area contributed by atoms with Crippen molar-refractivity contribution in [3.63, 3.8) is 0 Å². The molecule has 1 aliphatic rings. The molecule has 0 amide bonds. The van der Waals surface area contributed by atoms with Gasteiger partial charge in [-0.1, -0.05) is 36.8 Å². The minimum atomic E-state index is 0.465. The van der Waals surface area contributed by atoms with Gasteiger partial charge < -0.3 is 5.32 Å². The second-order valence-corrected chi connectivity index (χ2v) is 6.03. The van der Waals surface area contributed by atoms with Crippen molar-refractivity contribution in [3.8, 4) is 10.6 Å². The van der Waals surface area contributed by atoms with Crippen LogP contribution < -0.4 is 5.32 Å². The normalized spacial score (nSPS) is 19.9. The molecule has 18 heavy (non-hydrogen) atoms. The fourth-order valence-electron chi connectivity index (χ4n) is 2.52. The molecule has 2 nitrogen and oxygen atoms in total. The van der Waals surface area contributed by atoms with E-state index >= 15 is 0 Å². The molecule has 1 N–H and O–H groups in total. The predicted octanol–water partition coefficient (Wildman–Crippen LogP) is 3.93. The molecule has 1 aromatic carbocycles. The van der Waals surface area contributed by atoms with Crippen LogP contribution in [0, 0.1) is 6.92 Å². The van der Waals surface area contributed by atoms with E-state index < -0.39 is 0 Å². The molecular weight excluding hydrogens is 240 g/mol. The zero-order valence-electron chi connectivity index (χ0n) is 10.6. The lowest BCUT2D eigenvalue weighted by atomic mass is 10.0. The molecular formula is C15H18N2S. The molecule has 0 aliphatic carbocycles. The van der Waals surface area contributed by atoms with E-state index in [1.165, 1.54) is 35.4 Å². The topological polar surface area (TPSA) is 24.9 Å². The SMILES string of the molecule is Cc1sc(-c2ccccc2)nc1C1CCCCN1. The minimum Gasteiger partial charge on any atom is -0.309 e. The Morgan fingerprint density at radius 3 is 2.78 bits per heavy atom. The number of hydrogen-bond donors (Lipinski definition) is 1. The summed E-state index contributed by atoms with van der Waals surface area (Å²) in [5.41, 5.74) is 2.49. The summed E-state index contributed by atoms with van der Waals surface area (Å²) >= 11 is 1.81. The third-order valence-corrected chi connectivity index (χ3v) is 4.53. The van der Waals surface area contributed by atoms with Gasteiger partial charge in [-0.05, 0) is 26.3 Å². The van der Waals surface area contributed by atoms with E-state index in [1.54, 1.807) is 0 Å². The van der Waals surface area contributed by atoms with Gasteiger partial charge in [0.1, 0.15) is 5.01 Å². The standard InChI is InChI=1S/C15H18N2S/c1-11-14(13-9-5-6-10-16-13)17-15(18-11)12-7-3-2-4-8-12/h2-4,7-8,13,16H,5-6,9-10H2,1H3. The van der Waals surface area contributed by atoms with Crippen LogP contribution in [0.3, 0.4) is 0 Å². The number of thiazole rings is 1. The van der Waals surface area contributed by atoms with Gasteiger partial charge >= 0.3 is 0 Å². The van der Waals surface area contributed by atoms with Crippen LogP contribution in [-0.4, -0.2) is 11.5 Å². The highest BCUT2D eigenvalue weighted by atomic mass is 32.1. The first kappa shape index (κ1) is 11.9. The summed E-state index contributed by atoms with van der Waals surface area (Å²) in [6.07, 6.45) is 3.83. The highest BCUT2D eigenvalue weighted by Crippen LogP contribution is 2.33. The highest BCUT2D eigenvalue weighted by molar-refractivity contribution is 7.15. The lowest BCUT2D eigenvalue weighted by molar-refractivity contribution is 0.405. The Hall–Kier alpha value is -1.19. The summed E-state index contributed by atoms with van der Waals surface area (Å²) in [5.74, 6) is 0. The van der Waals surface area contributed by atoms with Crippen molar-refractivity contribution in [1.82, 2.24) is 10.3 Å². The van der Waals surface area contributed by atoms with Gasteiger partial charge in [0.15, 0.2) is 0 Å². The van der Waals surface area contributed by atoms with Crippen molar-refractivity contribution in [1.29, 1.82) is 0 Å². The van der Waals surface area contributed by atoms with E-state index in [2.05, 4.69) is 36.5 Å². The maximum Gasteiger partial charge on any atom is 0.123 e. The molecule has 1 fully saturated rings. The van der Waals surface area contributed by atoms with E-state index in [4.69, 9.17) is 4.98 Å². The second kappa shape index (κ2) is 5.21. The number of benzene rings is 1. The van der Waals surface area contributed by atoms with Gasteiger partial charge in [0.25, 0.3) is 0 Å². The molecule has 0 spiro atoms. The largest absolute Gasteiger partial charge is 0.309 e. The van der Waals surface area contributed by atoms with E-state index in [0.717, 1.165) is 11.6 Å². The van der Waals surface area contributed by atoms with Crippen LogP contribution in [0.1, 0.15) is 35.9 Å². The Bertz CT molecular complexity index is 513. The summed E-state index contributed by atoms with van der Waals surface area (Å²) in [4.78, 5) is 6.21. The first-order valence-electron chi connectivity index (χ1n) is 6.61. The summed E-state index contributed by atoms with van der Waals surface area (Å²) in [6, 6.07) is 10.9. The minimum absolute atomic E-state index is 0.465. The molecule has 1 atom stereocenters. The quantitative estimate of drug-likeness (QED) is 0.882. The van der Waals surface area contributed by atoms with Crippen LogP contribution in [0.4, 0.5) is 0 Å². The van der Waals surface area contributed by atoms with E-state index in [1.807, 2.05) is 17.4 Å². The van der Waals surface area contributed by atoms with Crippen molar-refractivity contribution < 1.29 is 0 Å². The number of aromatic nitrogens is 1. The van der Waals surface area contributed by atoms with Crippen molar-refractivity contribution in [2.75, 3.05) is 6.54 Å². The summed E-state index contributed by atoms with van der Waals surface area (Å²) in [7, 11) is 0. The maximum atomic E-state index is 4.86. The van der Waals surface area contributed by atoms with E-state index in [9.17, 15) is 0 Å². The van der Waals surface area contributed by atoms with Crippen molar-refractivity contribution >= 4 is 11.3 Å². The first-order valence-corrected chi connectivity index (χ1v) is 7.42. The van der Waals surface area contributed by atoms with E-state index in [0.29, 0.717) is 6.04 Å². The maximum absolute atomic E-state index is 4.86. The number of nitrogens with one attached hydrogen (secondary N) is 1. The fourth-order valence-corrected chi connectivity index (χ4v) is 3.50. The van der Waals surface area contributed by atoms with Crippen LogP contribution >= 0.6 is 11.3 Å². The van der Waals surface area contributed by atoms with Crippen molar-refractivity contribution in [2.45, 2.75) is 32.2 Å². The van der Waals surface area contributed by atoms with Gasteiger partial charge in [-0.25, -0.2) is 4.98 Å². The molecule has 2 heterocycles. The molecule has 0 bridgehead atoms. The molecule has 3 heteroatoms. The van der Waals surface area contributed by atoms with Gasteiger partial charge in [0, 0.05) is 10.4 Å². The van der Waals surface area contributed by atoms with Gasteiger partial charge in [-0.3, -0.25) is 0 Å². The van der Waals surface area contributed by atoms with Gasteiger partial charge in [0.05, 0.1) is 11.7 Å².